The molecule has 2 aliphatic rings. The largest absolute Gasteiger partial charge is 0.486 e. The number of rotatable bonds is 5. The highest BCUT2D eigenvalue weighted by molar-refractivity contribution is 5.97. The summed E-state index contributed by atoms with van der Waals surface area (Å²) in [7, 11) is 0. The predicted molar refractivity (Wildman–Crippen MR) is 78.9 cm³/mol. The Labute approximate surface area is 132 Å². The van der Waals surface area contributed by atoms with Crippen LogP contribution in [0.25, 0.3) is 0 Å². The summed E-state index contributed by atoms with van der Waals surface area (Å²) in [4.78, 5) is 24.3. The van der Waals surface area contributed by atoms with Crippen LogP contribution in [0.4, 0.5) is 5.69 Å². The van der Waals surface area contributed by atoms with Gasteiger partial charge >= 0.3 is 0 Å². The van der Waals surface area contributed by atoms with E-state index in [4.69, 9.17) is 14.7 Å². The number of nitriles is 1. The molecule has 3 rings (SSSR count). The average molecular weight is 317 g/mol. The fourth-order valence-corrected chi connectivity index (χ4v) is 2.61. The molecule has 1 aliphatic carbocycles. The highest BCUT2D eigenvalue weighted by atomic mass is 16.6. The first-order valence-corrected chi connectivity index (χ1v) is 7.33. The number of ether oxygens (including phenoxy) is 2. The number of amides is 1. The van der Waals surface area contributed by atoms with Crippen LogP contribution in [0, 0.1) is 27.4 Å². The van der Waals surface area contributed by atoms with Crippen molar-refractivity contribution in [2.75, 3.05) is 24.7 Å². The van der Waals surface area contributed by atoms with Crippen LogP contribution in [0.15, 0.2) is 18.2 Å². The SMILES string of the molecule is N#CCCN(C(=O)[C@@H]1C[C@@H]1[N+](=O)[O-])c1ccc2c(c1)OCCO2. The molecule has 8 heteroatoms. The van der Waals surface area contributed by atoms with Gasteiger partial charge in [0.15, 0.2) is 11.5 Å². The third kappa shape index (κ3) is 3.04. The van der Waals surface area contributed by atoms with Crippen molar-refractivity contribution in [3.63, 3.8) is 0 Å². The van der Waals surface area contributed by atoms with Gasteiger partial charge in [0.05, 0.1) is 12.5 Å². The van der Waals surface area contributed by atoms with Gasteiger partial charge < -0.3 is 14.4 Å². The van der Waals surface area contributed by atoms with E-state index in [1.54, 1.807) is 18.2 Å². The molecule has 2 atom stereocenters. The molecule has 1 fully saturated rings. The number of hydrogen-bond acceptors (Lipinski definition) is 6. The van der Waals surface area contributed by atoms with Gasteiger partial charge in [-0.2, -0.15) is 5.26 Å². The molecule has 0 aromatic heterocycles. The number of carbonyl (C=O) groups excluding carboxylic acids is 1. The molecule has 1 saturated carbocycles. The molecule has 0 spiro atoms. The summed E-state index contributed by atoms with van der Waals surface area (Å²) < 4.78 is 10.9. The fraction of sp³-hybridized carbons (Fsp3) is 0.467. The molecule has 1 amide bonds. The second-order valence-electron chi connectivity index (χ2n) is 5.42. The molecule has 1 aromatic rings. The first kappa shape index (κ1) is 15.1. The normalized spacial score (nSPS) is 21.2. The van der Waals surface area contributed by atoms with E-state index in [0.29, 0.717) is 30.4 Å². The lowest BCUT2D eigenvalue weighted by atomic mass is 10.2. The highest BCUT2D eigenvalue weighted by Gasteiger charge is 2.54. The Morgan fingerprint density at radius 1 is 1.39 bits per heavy atom. The number of nitrogens with zero attached hydrogens (tertiary/aromatic N) is 3. The van der Waals surface area contributed by atoms with E-state index in [1.165, 1.54) is 4.90 Å². The minimum atomic E-state index is -0.815. The molecule has 0 N–H and O–H groups in total. The van der Waals surface area contributed by atoms with Crippen molar-refractivity contribution < 1.29 is 19.2 Å². The molecule has 23 heavy (non-hydrogen) atoms. The van der Waals surface area contributed by atoms with E-state index < -0.39 is 16.9 Å². The third-order valence-electron chi connectivity index (χ3n) is 3.90. The van der Waals surface area contributed by atoms with Gasteiger partial charge in [0.2, 0.25) is 11.9 Å². The van der Waals surface area contributed by atoms with Gasteiger partial charge in [0, 0.05) is 29.6 Å². The molecule has 0 bridgehead atoms. The van der Waals surface area contributed by atoms with Crippen LogP contribution in [0.3, 0.4) is 0 Å². The van der Waals surface area contributed by atoms with Crippen LogP contribution in [-0.2, 0) is 4.79 Å². The van der Waals surface area contributed by atoms with Crippen molar-refractivity contribution in [1.82, 2.24) is 0 Å². The number of anilines is 1. The minimum absolute atomic E-state index is 0.149. The second kappa shape index (κ2) is 6.12. The van der Waals surface area contributed by atoms with Gasteiger partial charge in [-0.3, -0.25) is 14.9 Å². The summed E-state index contributed by atoms with van der Waals surface area (Å²) in [6.45, 7) is 1.08. The Hall–Kier alpha value is -2.82. The van der Waals surface area contributed by atoms with E-state index >= 15 is 0 Å². The Balaban J connectivity index is 1.83. The van der Waals surface area contributed by atoms with Crippen molar-refractivity contribution in [2.45, 2.75) is 18.9 Å². The summed E-state index contributed by atoms with van der Waals surface area (Å²) in [6, 6.07) is 6.26. The van der Waals surface area contributed by atoms with Gasteiger partial charge in [-0.25, -0.2) is 0 Å². The monoisotopic (exact) mass is 317 g/mol. The van der Waals surface area contributed by atoms with Gasteiger partial charge in [-0.1, -0.05) is 0 Å². The van der Waals surface area contributed by atoms with Crippen LogP contribution >= 0.6 is 0 Å². The maximum atomic E-state index is 12.5. The van der Waals surface area contributed by atoms with Gasteiger partial charge in [0.25, 0.3) is 0 Å². The summed E-state index contributed by atoms with van der Waals surface area (Å²) in [5.41, 5.74) is 0.559. The van der Waals surface area contributed by atoms with E-state index in [9.17, 15) is 14.9 Å². The van der Waals surface area contributed by atoms with Crippen LogP contribution in [-0.4, -0.2) is 36.6 Å². The molecule has 0 unspecified atom stereocenters. The quantitative estimate of drug-likeness (QED) is 0.600. The van der Waals surface area contributed by atoms with Crippen LogP contribution in [0.5, 0.6) is 11.5 Å². The minimum Gasteiger partial charge on any atom is -0.486 e. The first-order chi connectivity index (χ1) is 11.1. The van der Waals surface area contributed by atoms with Crippen molar-refractivity contribution in [2.24, 2.45) is 5.92 Å². The van der Waals surface area contributed by atoms with E-state index in [0.717, 1.165) is 0 Å². The topological polar surface area (TPSA) is 106 Å². The molecule has 1 aromatic carbocycles. The van der Waals surface area contributed by atoms with E-state index in [2.05, 4.69) is 0 Å². The fourth-order valence-electron chi connectivity index (χ4n) is 2.61. The maximum Gasteiger partial charge on any atom is 0.237 e. The lowest BCUT2D eigenvalue weighted by Crippen LogP contribution is -2.34. The Kier molecular flexibility index (Phi) is 4.02. The molecular formula is C15H15N3O5. The van der Waals surface area contributed by atoms with Gasteiger partial charge in [0.1, 0.15) is 19.1 Å². The van der Waals surface area contributed by atoms with Crippen molar-refractivity contribution in [1.29, 1.82) is 5.26 Å². The molecule has 0 saturated heterocycles. The smallest absolute Gasteiger partial charge is 0.237 e. The molecular weight excluding hydrogens is 302 g/mol. The first-order valence-electron chi connectivity index (χ1n) is 7.33. The zero-order chi connectivity index (χ0) is 16.4. The number of nitro groups is 1. The summed E-state index contributed by atoms with van der Waals surface area (Å²) in [5, 5.41) is 19.6. The Morgan fingerprint density at radius 3 is 2.78 bits per heavy atom. The number of hydrogen-bond donors (Lipinski definition) is 0. The zero-order valence-corrected chi connectivity index (χ0v) is 12.3. The van der Waals surface area contributed by atoms with E-state index in [-0.39, 0.29) is 25.3 Å². The number of fused-ring (bicyclic) bond motifs is 1. The molecule has 120 valence electrons. The van der Waals surface area contributed by atoms with Crippen LogP contribution in [0.2, 0.25) is 0 Å². The molecule has 0 radical (unpaired) electrons. The number of carbonyl (C=O) groups is 1. The predicted octanol–water partition coefficient (Wildman–Crippen LogP) is 1.37. The standard InChI is InChI=1S/C15H15N3O5/c16-4-1-5-17(15(19)11-9-12(11)18(20)21)10-2-3-13-14(8-10)23-7-6-22-13/h2-3,8,11-12H,1,5-7,9H2/t11-,12+/m1/s1. The average Bonchev–Trinajstić information content (AvgIpc) is 3.36. The lowest BCUT2D eigenvalue weighted by Gasteiger charge is -2.24. The van der Waals surface area contributed by atoms with Crippen molar-refractivity contribution >= 4 is 11.6 Å². The van der Waals surface area contributed by atoms with Gasteiger partial charge in [-0.05, 0) is 12.1 Å². The summed E-state index contributed by atoms with van der Waals surface area (Å²) in [6.07, 6.45) is 0.398. The lowest BCUT2D eigenvalue weighted by molar-refractivity contribution is -0.497. The summed E-state index contributed by atoms with van der Waals surface area (Å²) >= 11 is 0. The second-order valence-corrected chi connectivity index (χ2v) is 5.42. The molecule has 1 heterocycles. The van der Waals surface area contributed by atoms with E-state index in [1.807, 2.05) is 6.07 Å². The number of benzene rings is 1. The molecule has 8 nitrogen and oxygen atoms in total. The highest BCUT2D eigenvalue weighted by Crippen LogP contribution is 2.38. The third-order valence-corrected chi connectivity index (χ3v) is 3.90. The molecule has 1 aliphatic heterocycles. The van der Waals surface area contributed by atoms with Crippen molar-refractivity contribution in [3.8, 4) is 17.6 Å². The Bertz CT molecular complexity index is 684. The van der Waals surface area contributed by atoms with Gasteiger partial charge in [-0.15, -0.1) is 0 Å². The van der Waals surface area contributed by atoms with Crippen LogP contribution < -0.4 is 14.4 Å². The maximum absolute atomic E-state index is 12.5. The Morgan fingerprint density at radius 2 is 2.13 bits per heavy atom. The summed E-state index contributed by atoms with van der Waals surface area (Å²) in [5.74, 6) is 0.197. The zero-order valence-electron chi connectivity index (χ0n) is 12.3. The van der Waals surface area contributed by atoms with Crippen molar-refractivity contribution in [3.05, 3.63) is 28.3 Å². The van der Waals surface area contributed by atoms with Crippen LogP contribution in [0.1, 0.15) is 12.8 Å².